The van der Waals surface area contributed by atoms with Gasteiger partial charge < -0.3 is 20.3 Å². The molecule has 0 aliphatic carbocycles. The van der Waals surface area contributed by atoms with Crippen LogP contribution in [0.5, 0.6) is 0 Å². The number of hydrogen-bond donors (Lipinski definition) is 2. The minimum atomic E-state index is -0.525. The number of hydrogen-bond acceptors (Lipinski definition) is 5. The van der Waals surface area contributed by atoms with Gasteiger partial charge in [0, 0.05) is 43.8 Å². The van der Waals surface area contributed by atoms with E-state index in [-0.39, 0.29) is 10.8 Å². The SMILES string of the molecule is CN=C(NCCCN(Cc1cccnc1)C(=O)OC(C)(C)C)NCC1(C)CCCS1. The van der Waals surface area contributed by atoms with Crippen LogP contribution in [0.2, 0.25) is 0 Å². The summed E-state index contributed by atoms with van der Waals surface area (Å²) < 4.78 is 5.87. The predicted molar refractivity (Wildman–Crippen MR) is 125 cm³/mol. The topological polar surface area (TPSA) is 78.9 Å². The van der Waals surface area contributed by atoms with Crippen molar-refractivity contribution in [2.75, 3.05) is 32.4 Å². The van der Waals surface area contributed by atoms with E-state index in [1.54, 1.807) is 24.3 Å². The lowest BCUT2D eigenvalue weighted by molar-refractivity contribution is 0.0232. The van der Waals surface area contributed by atoms with Crippen LogP contribution in [0.15, 0.2) is 29.5 Å². The number of guanidine groups is 1. The van der Waals surface area contributed by atoms with Crippen LogP contribution >= 0.6 is 11.8 Å². The summed E-state index contributed by atoms with van der Waals surface area (Å²) >= 11 is 2.03. The predicted octanol–water partition coefficient (Wildman–Crippen LogP) is 3.66. The van der Waals surface area contributed by atoms with E-state index in [0.29, 0.717) is 13.1 Å². The number of carbonyl (C=O) groups is 1. The lowest BCUT2D eigenvalue weighted by atomic mass is 10.1. The molecule has 0 spiro atoms. The first-order valence-corrected chi connectivity index (χ1v) is 11.6. The Labute approximate surface area is 185 Å². The minimum absolute atomic E-state index is 0.287. The van der Waals surface area contributed by atoms with Crippen molar-refractivity contribution in [3.63, 3.8) is 0 Å². The summed E-state index contributed by atoms with van der Waals surface area (Å²) in [5, 5.41) is 6.79. The minimum Gasteiger partial charge on any atom is -0.444 e. The summed E-state index contributed by atoms with van der Waals surface area (Å²) in [6, 6.07) is 3.85. The molecule has 2 rings (SSSR count). The molecule has 30 heavy (non-hydrogen) atoms. The molecule has 1 aromatic heterocycles. The molecule has 0 bridgehead atoms. The maximum Gasteiger partial charge on any atom is 0.410 e. The molecule has 1 aliphatic heterocycles. The number of aliphatic imine (C=N–C) groups is 1. The molecule has 1 amide bonds. The Bertz CT molecular complexity index is 685. The lowest BCUT2D eigenvalue weighted by Gasteiger charge is -2.28. The first kappa shape index (κ1) is 24.3. The highest BCUT2D eigenvalue weighted by Crippen LogP contribution is 2.36. The van der Waals surface area contributed by atoms with Crippen molar-refractivity contribution in [1.82, 2.24) is 20.5 Å². The Morgan fingerprint density at radius 2 is 2.20 bits per heavy atom. The van der Waals surface area contributed by atoms with Gasteiger partial charge in [-0.2, -0.15) is 11.8 Å². The molecule has 1 fully saturated rings. The number of aromatic nitrogens is 1. The standard InChI is InChI=1S/C22H37N5O2S/c1-21(2,3)29-20(28)27(16-18-9-6-11-24-15-18)13-8-12-25-19(23-5)26-17-22(4)10-7-14-30-22/h6,9,11,15H,7-8,10,12-14,16-17H2,1-5H3,(H2,23,25,26). The monoisotopic (exact) mass is 435 g/mol. The molecule has 2 heterocycles. The molecule has 1 saturated heterocycles. The number of carbonyl (C=O) groups excluding carboxylic acids is 1. The molecule has 1 aromatic rings. The number of pyridine rings is 1. The van der Waals surface area contributed by atoms with Crippen LogP contribution in [0, 0.1) is 0 Å². The maximum atomic E-state index is 12.7. The van der Waals surface area contributed by atoms with Crippen LogP contribution < -0.4 is 10.6 Å². The van der Waals surface area contributed by atoms with E-state index in [9.17, 15) is 4.79 Å². The molecule has 7 nitrogen and oxygen atoms in total. The second kappa shape index (κ2) is 11.4. The smallest absolute Gasteiger partial charge is 0.410 e. The summed E-state index contributed by atoms with van der Waals surface area (Å²) in [6.45, 7) is 10.6. The Morgan fingerprint density at radius 1 is 1.40 bits per heavy atom. The van der Waals surface area contributed by atoms with E-state index in [1.165, 1.54) is 18.6 Å². The largest absolute Gasteiger partial charge is 0.444 e. The highest BCUT2D eigenvalue weighted by molar-refractivity contribution is 8.00. The number of amides is 1. The summed E-state index contributed by atoms with van der Waals surface area (Å²) in [4.78, 5) is 22.9. The number of nitrogens with one attached hydrogen (secondary N) is 2. The summed E-state index contributed by atoms with van der Waals surface area (Å²) in [5.41, 5.74) is 0.458. The maximum absolute atomic E-state index is 12.7. The van der Waals surface area contributed by atoms with Crippen molar-refractivity contribution >= 4 is 23.8 Å². The van der Waals surface area contributed by atoms with Crippen LogP contribution in [0.3, 0.4) is 0 Å². The quantitative estimate of drug-likeness (QED) is 0.369. The van der Waals surface area contributed by atoms with Crippen molar-refractivity contribution in [3.8, 4) is 0 Å². The average molecular weight is 436 g/mol. The molecule has 8 heteroatoms. The third kappa shape index (κ3) is 8.81. The fourth-order valence-electron chi connectivity index (χ4n) is 3.22. The van der Waals surface area contributed by atoms with E-state index in [2.05, 4.69) is 27.5 Å². The van der Waals surface area contributed by atoms with Crippen LogP contribution in [0.1, 0.15) is 52.5 Å². The summed E-state index contributed by atoms with van der Waals surface area (Å²) in [6.07, 6.45) is 6.51. The van der Waals surface area contributed by atoms with Gasteiger partial charge in [0.25, 0.3) is 0 Å². The molecule has 0 aromatic carbocycles. The Hall–Kier alpha value is -1.96. The number of nitrogens with zero attached hydrogens (tertiary/aromatic N) is 3. The second-order valence-corrected chi connectivity index (χ2v) is 10.6. The zero-order chi connectivity index (χ0) is 22.0. The fourth-order valence-corrected chi connectivity index (χ4v) is 4.46. The van der Waals surface area contributed by atoms with Gasteiger partial charge in [-0.25, -0.2) is 4.79 Å². The third-order valence-electron chi connectivity index (χ3n) is 4.80. The summed E-state index contributed by atoms with van der Waals surface area (Å²) in [7, 11) is 1.79. The van der Waals surface area contributed by atoms with Crippen molar-refractivity contribution in [2.45, 2.75) is 63.9 Å². The van der Waals surface area contributed by atoms with Gasteiger partial charge in [0.1, 0.15) is 5.60 Å². The molecule has 2 N–H and O–H groups in total. The molecule has 1 atom stereocenters. The second-order valence-electron chi connectivity index (χ2n) is 8.87. The highest BCUT2D eigenvalue weighted by atomic mass is 32.2. The highest BCUT2D eigenvalue weighted by Gasteiger charge is 2.29. The van der Waals surface area contributed by atoms with E-state index < -0.39 is 5.60 Å². The lowest BCUT2D eigenvalue weighted by Crippen LogP contribution is -2.44. The Morgan fingerprint density at radius 3 is 2.80 bits per heavy atom. The summed E-state index contributed by atoms with van der Waals surface area (Å²) in [5.74, 6) is 2.04. The van der Waals surface area contributed by atoms with Gasteiger partial charge in [0.05, 0.1) is 6.54 Å². The van der Waals surface area contributed by atoms with Gasteiger partial charge in [-0.05, 0) is 64.3 Å². The normalized spacial score (nSPS) is 19.4. The molecule has 0 radical (unpaired) electrons. The fraction of sp³-hybridized carbons (Fsp3) is 0.682. The average Bonchev–Trinajstić information content (AvgIpc) is 3.12. The molecule has 168 valence electrons. The zero-order valence-corrected chi connectivity index (χ0v) is 19.8. The van der Waals surface area contributed by atoms with Crippen LogP contribution in [0.4, 0.5) is 4.79 Å². The molecule has 1 unspecified atom stereocenters. The van der Waals surface area contributed by atoms with E-state index in [1.807, 2.05) is 44.7 Å². The first-order valence-electron chi connectivity index (χ1n) is 10.7. The molecule has 0 saturated carbocycles. The molecular formula is C22H37N5O2S. The van der Waals surface area contributed by atoms with E-state index >= 15 is 0 Å². The van der Waals surface area contributed by atoms with E-state index in [0.717, 1.165) is 31.0 Å². The van der Waals surface area contributed by atoms with Crippen molar-refractivity contribution in [2.24, 2.45) is 4.99 Å². The van der Waals surface area contributed by atoms with Crippen molar-refractivity contribution in [1.29, 1.82) is 0 Å². The van der Waals surface area contributed by atoms with Gasteiger partial charge in [-0.3, -0.25) is 9.98 Å². The molecule has 1 aliphatic rings. The number of thioether (sulfide) groups is 1. The van der Waals surface area contributed by atoms with Gasteiger partial charge in [0.2, 0.25) is 0 Å². The van der Waals surface area contributed by atoms with Gasteiger partial charge in [0.15, 0.2) is 5.96 Å². The number of ether oxygens (including phenoxy) is 1. The third-order valence-corrected chi connectivity index (χ3v) is 6.34. The Kier molecular flexibility index (Phi) is 9.27. The molecular weight excluding hydrogens is 398 g/mol. The van der Waals surface area contributed by atoms with Crippen molar-refractivity contribution < 1.29 is 9.53 Å². The first-order chi connectivity index (χ1) is 14.2. The van der Waals surface area contributed by atoms with Crippen LogP contribution in [0.25, 0.3) is 0 Å². The van der Waals surface area contributed by atoms with Gasteiger partial charge >= 0.3 is 6.09 Å². The van der Waals surface area contributed by atoms with Crippen LogP contribution in [-0.4, -0.2) is 64.7 Å². The zero-order valence-electron chi connectivity index (χ0n) is 19.0. The van der Waals surface area contributed by atoms with E-state index in [4.69, 9.17) is 4.74 Å². The van der Waals surface area contributed by atoms with Crippen LogP contribution in [-0.2, 0) is 11.3 Å². The number of rotatable bonds is 8. The van der Waals surface area contributed by atoms with Gasteiger partial charge in [-0.15, -0.1) is 0 Å². The van der Waals surface area contributed by atoms with Gasteiger partial charge in [-0.1, -0.05) is 6.07 Å². The Balaban J connectivity index is 1.82. The van der Waals surface area contributed by atoms with Crippen molar-refractivity contribution in [3.05, 3.63) is 30.1 Å².